The lowest BCUT2D eigenvalue weighted by molar-refractivity contribution is 1.01. The van der Waals surface area contributed by atoms with Crippen molar-refractivity contribution in [2.45, 2.75) is 5.92 Å². The molecule has 0 saturated heterocycles. The van der Waals surface area contributed by atoms with E-state index in [9.17, 15) is 0 Å². The molecule has 7 aromatic rings. The Bertz CT molecular complexity index is 1950. The van der Waals surface area contributed by atoms with Crippen molar-refractivity contribution in [3.8, 4) is 28.1 Å². The Kier molecular flexibility index (Phi) is 4.62. The fourth-order valence-electron chi connectivity index (χ4n) is 6.24. The molecule has 0 fully saturated rings. The van der Waals surface area contributed by atoms with Gasteiger partial charge in [0.05, 0.1) is 22.9 Å². The molecule has 2 heteroatoms. The summed E-state index contributed by atoms with van der Waals surface area (Å²) < 4.78 is 2.37. The van der Waals surface area contributed by atoms with Gasteiger partial charge in [-0.15, -0.1) is 0 Å². The van der Waals surface area contributed by atoms with E-state index in [4.69, 9.17) is 4.98 Å². The highest BCUT2D eigenvalue weighted by molar-refractivity contribution is 6.12. The summed E-state index contributed by atoms with van der Waals surface area (Å²) in [7, 11) is 0. The first-order valence-corrected chi connectivity index (χ1v) is 13.1. The Morgan fingerprint density at radius 2 is 1.18 bits per heavy atom. The highest BCUT2D eigenvalue weighted by atomic mass is 15.0. The van der Waals surface area contributed by atoms with Gasteiger partial charge in [0.15, 0.2) is 0 Å². The molecule has 1 unspecified atom stereocenters. The van der Waals surface area contributed by atoms with Gasteiger partial charge in [0, 0.05) is 27.9 Å². The number of fused-ring (bicyclic) bond motifs is 6. The molecule has 0 N–H and O–H groups in total. The quantitative estimate of drug-likeness (QED) is 0.245. The minimum atomic E-state index is 0.215. The molecule has 1 aliphatic rings. The zero-order chi connectivity index (χ0) is 25.1. The first kappa shape index (κ1) is 21.2. The molecule has 178 valence electrons. The molecule has 0 radical (unpaired) electrons. The second-order valence-electron chi connectivity index (χ2n) is 10.0. The van der Waals surface area contributed by atoms with E-state index in [-0.39, 0.29) is 5.92 Å². The van der Waals surface area contributed by atoms with Crippen LogP contribution in [-0.4, -0.2) is 9.55 Å². The van der Waals surface area contributed by atoms with Crippen molar-refractivity contribution in [3.63, 3.8) is 0 Å². The summed E-state index contributed by atoms with van der Waals surface area (Å²) in [6, 6.07) is 48.0. The van der Waals surface area contributed by atoms with Gasteiger partial charge in [-0.25, -0.2) is 0 Å². The van der Waals surface area contributed by atoms with Gasteiger partial charge >= 0.3 is 0 Å². The summed E-state index contributed by atoms with van der Waals surface area (Å²) in [5.41, 5.74) is 12.3. The fraction of sp³-hybridized carbons (Fsp3) is 0.0278. The van der Waals surface area contributed by atoms with Crippen LogP contribution in [0, 0.1) is 0 Å². The monoisotopic (exact) mass is 484 g/mol. The summed E-state index contributed by atoms with van der Waals surface area (Å²) in [6.07, 6.45) is 2.04. The van der Waals surface area contributed by atoms with Crippen molar-refractivity contribution < 1.29 is 0 Å². The molecule has 1 atom stereocenters. The van der Waals surface area contributed by atoms with Gasteiger partial charge in [0.25, 0.3) is 0 Å². The lowest BCUT2D eigenvalue weighted by Gasteiger charge is -2.15. The first-order valence-electron chi connectivity index (χ1n) is 13.1. The summed E-state index contributed by atoms with van der Waals surface area (Å²) in [6.45, 7) is 0. The number of pyridine rings is 1. The van der Waals surface area contributed by atoms with E-state index >= 15 is 0 Å². The van der Waals surface area contributed by atoms with Crippen LogP contribution < -0.4 is 0 Å². The van der Waals surface area contributed by atoms with Gasteiger partial charge in [0.1, 0.15) is 0 Å². The molecule has 0 spiro atoms. The van der Waals surface area contributed by atoms with Gasteiger partial charge in [-0.05, 0) is 58.1 Å². The SMILES string of the molecule is c1ccc(-c2cc3c4cc5c(cc4n(-c4ccccc4)c3cn2)C(c2ccccc2)c2ccccc2-5)cc1. The molecule has 8 rings (SSSR count). The highest BCUT2D eigenvalue weighted by Crippen LogP contribution is 2.50. The number of rotatable bonds is 3. The van der Waals surface area contributed by atoms with Gasteiger partial charge in [-0.1, -0.05) is 103 Å². The van der Waals surface area contributed by atoms with E-state index < -0.39 is 0 Å². The number of nitrogens with zero attached hydrogens (tertiary/aromatic N) is 2. The van der Waals surface area contributed by atoms with Crippen molar-refractivity contribution in [2.24, 2.45) is 0 Å². The van der Waals surface area contributed by atoms with Crippen molar-refractivity contribution in [3.05, 3.63) is 156 Å². The Morgan fingerprint density at radius 1 is 0.526 bits per heavy atom. The third kappa shape index (κ3) is 3.10. The lowest BCUT2D eigenvalue weighted by Crippen LogP contribution is -2.00. The van der Waals surface area contributed by atoms with E-state index in [2.05, 4.69) is 132 Å². The van der Waals surface area contributed by atoms with Gasteiger partial charge < -0.3 is 4.57 Å². The minimum absolute atomic E-state index is 0.215. The van der Waals surface area contributed by atoms with Crippen LogP contribution in [0.4, 0.5) is 0 Å². The average molecular weight is 485 g/mol. The van der Waals surface area contributed by atoms with Crippen LogP contribution in [0.2, 0.25) is 0 Å². The topological polar surface area (TPSA) is 17.8 Å². The summed E-state index contributed by atoms with van der Waals surface area (Å²) >= 11 is 0. The van der Waals surface area contributed by atoms with E-state index in [1.807, 2.05) is 12.3 Å². The molecule has 5 aromatic carbocycles. The smallest absolute Gasteiger partial charge is 0.0724 e. The highest BCUT2D eigenvalue weighted by Gasteiger charge is 2.31. The predicted molar refractivity (Wildman–Crippen MR) is 157 cm³/mol. The molecule has 2 nitrogen and oxygen atoms in total. The van der Waals surface area contributed by atoms with Crippen LogP contribution >= 0.6 is 0 Å². The van der Waals surface area contributed by atoms with Crippen LogP contribution in [0.5, 0.6) is 0 Å². The summed E-state index contributed by atoms with van der Waals surface area (Å²) in [5.74, 6) is 0.215. The van der Waals surface area contributed by atoms with E-state index in [1.165, 1.54) is 44.1 Å². The Balaban J connectivity index is 1.47. The molecule has 0 amide bonds. The van der Waals surface area contributed by atoms with E-state index in [1.54, 1.807) is 0 Å². The van der Waals surface area contributed by atoms with E-state index in [0.717, 1.165) is 22.5 Å². The minimum Gasteiger partial charge on any atom is -0.308 e. The Labute approximate surface area is 221 Å². The molecule has 2 heterocycles. The lowest BCUT2D eigenvalue weighted by atomic mass is 9.89. The van der Waals surface area contributed by atoms with Crippen molar-refractivity contribution in [2.75, 3.05) is 0 Å². The molecule has 2 aromatic heterocycles. The first-order chi connectivity index (χ1) is 18.9. The number of para-hydroxylation sites is 1. The Morgan fingerprint density at radius 3 is 1.97 bits per heavy atom. The van der Waals surface area contributed by atoms with Gasteiger partial charge in [0.2, 0.25) is 0 Å². The fourth-order valence-corrected chi connectivity index (χ4v) is 6.24. The number of aromatic nitrogens is 2. The molecule has 0 aliphatic heterocycles. The van der Waals surface area contributed by atoms with Crippen LogP contribution in [0.1, 0.15) is 22.6 Å². The third-order valence-electron chi connectivity index (χ3n) is 7.91. The maximum atomic E-state index is 4.92. The maximum absolute atomic E-state index is 4.92. The van der Waals surface area contributed by atoms with Crippen LogP contribution in [0.15, 0.2) is 140 Å². The zero-order valence-electron chi connectivity index (χ0n) is 20.8. The molecule has 0 bridgehead atoms. The average Bonchev–Trinajstić information content (AvgIpc) is 3.49. The molecule has 38 heavy (non-hydrogen) atoms. The van der Waals surface area contributed by atoms with Crippen molar-refractivity contribution in [1.29, 1.82) is 0 Å². The number of hydrogen-bond donors (Lipinski definition) is 0. The van der Waals surface area contributed by atoms with Crippen LogP contribution in [-0.2, 0) is 0 Å². The third-order valence-corrected chi connectivity index (χ3v) is 7.91. The molecular formula is C36H24N2. The van der Waals surface area contributed by atoms with Gasteiger partial charge in [-0.2, -0.15) is 0 Å². The molecular weight excluding hydrogens is 460 g/mol. The standard InChI is InChI=1S/C36H24N2/c1-4-12-24(13-5-1)33-21-31-30-20-29-27-18-10-11-19-28(27)36(25-14-6-2-7-15-25)32(29)22-34(30)38(35(31)23-37-33)26-16-8-3-9-17-26/h1-23,36H. The van der Waals surface area contributed by atoms with E-state index in [0.29, 0.717) is 0 Å². The molecule has 0 saturated carbocycles. The normalized spacial score (nSPS) is 14.1. The summed E-state index contributed by atoms with van der Waals surface area (Å²) in [4.78, 5) is 4.92. The predicted octanol–water partition coefficient (Wildman–Crippen LogP) is 9.01. The second-order valence-corrected chi connectivity index (χ2v) is 10.0. The number of hydrogen-bond acceptors (Lipinski definition) is 1. The van der Waals surface area contributed by atoms with Crippen LogP contribution in [0.25, 0.3) is 49.9 Å². The largest absolute Gasteiger partial charge is 0.308 e. The zero-order valence-corrected chi connectivity index (χ0v) is 20.8. The second kappa shape index (κ2) is 8.29. The Hall–Kier alpha value is -4.95. The van der Waals surface area contributed by atoms with Gasteiger partial charge in [-0.3, -0.25) is 4.98 Å². The number of benzene rings is 5. The molecule has 1 aliphatic carbocycles. The van der Waals surface area contributed by atoms with Crippen LogP contribution in [0.3, 0.4) is 0 Å². The summed E-state index contributed by atoms with van der Waals surface area (Å²) in [5, 5.41) is 2.48. The van der Waals surface area contributed by atoms with Crippen molar-refractivity contribution in [1.82, 2.24) is 9.55 Å². The maximum Gasteiger partial charge on any atom is 0.0724 e. The van der Waals surface area contributed by atoms with Crippen molar-refractivity contribution >= 4 is 21.8 Å².